The van der Waals surface area contributed by atoms with Crippen LogP contribution in [0.15, 0.2) is 30.5 Å². The molecule has 0 unspecified atom stereocenters. The molecule has 2 aromatic rings. The molecule has 0 aliphatic rings. The maximum Gasteiger partial charge on any atom is 0.153 e. The number of nitrogens with zero attached hydrogens (tertiary/aromatic N) is 2. The fourth-order valence-electron chi connectivity index (χ4n) is 2.02. The largest absolute Gasteiger partial charge is 0.382 e. The number of nitrogen functional groups attached to an aromatic ring is 1. The monoisotopic (exact) mass is 229 g/mol. The Bertz CT molecular complexity index is 495. The Morgan fingerprint density at radius 3 is 2.35 bits per heavy atom. The maximum atomic E-state index is 5.86. The molecule has 0 aliphatic heterocycles. The zero-order valence-electron chi connectivity index (χ0n) is 10.6. The number of hydrogen-bond donors (Lipinski definition) is 1. The van der Waals surface area contributed by atoms with Gasteiger partial charge in [0.1, 0.15) is 0 Å². The molecule has 1 aromatic heterocycles. The smallest absolute Gasteiger partial charge is 0.153 e. The van der Waals surface area contributed by atoms with Gasteiger partial charge in [0.05, 0.1) is 0 Å². The molecule has 1 aromatic carbocycles. The van der Waals surface area contributed by atoms with Crippen LogP contribution in [0.4, 0.5) is 5.82 Å². The third-order valence-corrected chi connectivity index (χ3v) is 2.77. The molecule has 0 saturated heterocycles. The summed E-state index contributed by atoms with van der Waals surface area (Å²) in [5, 5.41) is 4.15. The molecule has 17 heavy (non-hydrogen) atoms. The van der Waals surface area contributed by atoms with Gasteiger partial charge in [-0.25, -0.2) is 0 Å². The van der Waals surface area contributed by atoms with Crippen molar-refractivity contribution in [2.24, 2.45) is 13.0 Å². The lowest BCUT2D eigenvalue weighted by molar-refractivity contribution is 0.647. The molecule has 0 atom stereocenters. The van der Waals surface area contributed by atoms with E-state index in [1.807, 2.05) is 13.2 Å². The molecule has 0 spiro atoms. The highest BCUT2D eigenvalue weighted by Crippen LogP contribution is 2.25. The second-order valence-electron chi connectivity index (χ2n) is 4.90. The third kappa shape index (κ3) is 2.67. The van der Waals surface area contributed by atoms with E-state index < -0.39 is 0 Å². The second kappa shape index (κ2) is 4.62. The lowest BCUT2D eigenvalue weighted by Gasteiger charge is -2.05. The summed E-state index contributed by atoms with van der Waals surface area (Å²) in [6.07, 6.45) is 3.07. The predicted octanol–water partition coefficient (Wildman–Crippen LogP) is 2.87. The van der Waals surface area contributed by atoms with Gasteiger partial charge in [-0.1, -0.05) is 38.1 Å². The number of hydrogen-bond acceptors (Lipinski definition) is 2. The molecular weight excluding hydrogens is 210 g/mol. The van der Waals surface area contributed by atoms with Gasteiger partial charge in [-0.2, -0.15) is 5.10 Å². The normalized spacial score (nSPS) is 11.1. The summed E-state index contributed by atoms with van der Waals surface area (Å²) in [6.45, 7) is 4.46. The van der Waals surface area contributed by atoms with Crippen molar-refractivity contribution in [1.82, 2.24) is 9.78 Å². The van der Waals surface area contributed by atoms with E-state index in [0.29, 0.717) is 11.7 Å². The van der Waals surface area contributed by atoms with E-state index in [2.05, 4.69) is 43.2 Å². The molecule has 0 amide bonds. The van der Waals surface area contributed by atoms with Gasteiger partial charge < -0.3 is 5.73 Å². The van der Waals surface area contributed by atoms with Crippen LogP contribution in [-0.4, -0.2) is 9.78 Å². The van der Waals surface area contributed by atoms with Crippen LogP contribution in [0.1, 0.15) is 19.4 Å². The van der Waals surface area contributed by atoms with Gasteiger partial charge in [0.25, 0.3) is 0 Å². The van der Waals surface area contributed by atoms with Crippen LogP contribution in [-0.2, 0) is 13.5 Å². The van der Waals surface area contributed by atoms with Crippen LogP contribution in [0.25, 0.3) is 11.1 Å². The van der Waals surface area contributed by atoms with Gasteiger partial charge in [0.15, 0.2) is 5.82 Å². The number of anilines is 1. The zero-order valence-corrected chi connectivity index (χ0v) is 10.6. The summed E-state index contributed by atoms with van der Waals surface area (Å²) < 4.78 is 1.74. The average molecular weight is 229 g/mol. The molecule has 3 heteroatoms. The summed E-state index contributed by atoms with van der Waals surface area (Å²) in [4.78, 5) is 0. The van der Waals surface area contributed by atoms with Crippen LogP contribution >= 0.6 is 0 Å². The molecule has 2 rings (SSSR count). The van der Waals surface area contributed by atoms with Crippen molar-refractivity contribution >= 4 is 5.82 Å². The first-order valence-corrected chi connectivity index (χ1v) is 5.94. The Kier molecular flexibility index (Phi) is 3.18. The Labute approximate surface area is 102 Å². The predicted molar refractivity (Wildman–Crippen MR) is 71.6 cm³/mol. The molecule has 0 bridgehead atoms. The molecule has 90 valence electrons. The number of benzene rings is 1. The molecule has 0 saturated carbocycles. The number of aryl methyl sites for hydroxylation is 1. The Morgan fingerprint density at radius 2 is 1.88 bits per heavy atom. The third-order valence-electron chi connectivity index (χ3n) is 2.77. The summed E-state index contributed by atoms with van der Waals surface area (Å²) in [5.41, 5.74) is 9.36. The molecule has 0 aliphatic carbocycles. The second-order valence-corrected chi connectivity index (χ2v) is 4.90. The van der Waals surface area contributed by atoms with Gasteiger partial charge in [-0.05, 0) is 23.5 Å². The van der Waals surface area contributed by atoms with Crippen LogP contribution in [0.5, 0.6) is 0 Å². The van der Waals surface area contributed by atoms with Crippen molar-refractivity contribution in [1.29, 1.82) is 0 Å². The Balaban J connectivity index is 2.26. The highest BCUT2D eigenvalue weighted by molar-refractivity contribution is 5.73. The van der Waals surface area contributed by atoms with E-state index in [1.165, 1.54) is 5.56 Å². The van der Waals surface area contributed by atoms with E-state index in [1.54, 1.807) is 4.68 Å². The van der Waals surface area contributed by atoms with Crippen molar-refractivity contribution in [3.63, 3.8) is 0 Å². The lowest BCUT2D eigenvalue weighted by atomic mass is 10.00. The van der Waals surface area contributed by atoms with E-state index in [0.717, 1.165) is 17.5 Å². The Morgan fingerprint density at radius 1 is 1.24 bits per heavy atom. The molecule has 0 fully saturated rings. The van der Waals surface area contributed by atoms with Crippen LogP contribution in [0, 0.1) is 5.92 Å². The van der Waals surface area contributed by atoms with Crippen molar-refractivity contribution in [3.05, 3.63) is 36.0 Å². The SMILES string of the molecule is CC(C)Cc1ccc(-c2cn(C)nc2N)cc1. The van der Waals surface area contributed by atoms with Gasteiger partial charge in [0.2, 0.25) is 0 Å². The van der Waals surface area contributed by atoms with Crippen molar-refractivity contribution in [2.75, 3.05) is 5.73 Å². The summed E-state index contributed by atoms with van der Waals surface area (Å²) >= 11 is 0. The fraction of sp³-hybridized carbons (Fsp3) is 0.357. The fourth-order valence-corrected chi connectivity index (χ4v) is 2.02. The minimum absolute atomic E-state index is 0.587. The van der Waals surface area contributed by atoms with E-state index in [4.69, 9.17) is 5.73 Å². The van der Waals surface area contributed by atoms with Gasteiger partial charge in [-0.3, -0.25) is 4.68 Å². The lowest BCUT2D eigenvalue weighted by Crippen LogP contribution is -1.93. The highest BCUT2D eigenvalue weighted by Gasteiger charge is 2.06. The topological polar surface area (TPSA) is 43.8 Å². The highest BCUT2D eigenvalue weighted by atomic mass is 15.3. The van der Waals surface area contributed by atoms with E-state index in [9.17, 15) is 0 Å². The molecular formula is C14H19N3. The quantitative estimate of drug-likeness (QED) is 0.879. The number of aromatic nitrogens is 2. The van der Waals surface area contributed by atoms with Gasteiger partial charge in [-0.15, -0.1) is 0 Å². The van der Waals surface area contributed by atoms with Gasteiger partial charge in [0, 0.05) is 18.8 Å². The van der Waals surface area contributed by atoms with Crippen LogP contribution in [0.3, 0.4) is 0 Å². The summed E-state index contributed by atoms with van der Waals surface area (Å²) in [5.74, 6) is 1.27. The first-order chi connectivity index (χ1) is 8.06. The van der Waals surface area contributed by atoms with Crippen molar-refractivity contribution in [3.8, 4) is 11.1 Å². The zero-order chi connectivity index (χ0) is 12.4. The summed E-state index contributed by atoms with van der Waals surface area (Å²) in [6, 6.07) is 8.57. The maximum absolute atomic E-state index is 5.86. The first-order valence-electron chi connectivity index (χ1n) is 5.94. The number of rotatable bonds is 3. The minimum Gasteiger partial charge on any atom is -0.382 e. The minimum atomic E-state index is 0.587. The standard InChI is InChI=1S/C14H19N3/c1-10(2)8-11-4-6-12(7-5-11)13-9-17(3)16-14(13)15/h4-7,9-10H,8H2,1-3H3,(H2,15,16). The Hall–Kier alpha value is -1.77. The molecule has 3 nitrogen and oxygen atoms in total. The van der Waals surface area contributed by atoms with Crippen molar-refractivity contribution in [2.45, 2.75) is 20.3 Å². The van der Waals surface area contributed by atoms with Gasteiger partial charge >= 0.3 is 0 Å². The molecule has 0 radical (unpaired) electrons. The number of nitrogens with two attached hydrogens (primary N) is 1. The average Bonchev–Trinajstić information content (AvgIpc) is 2.58. The van der Waals surface area contributed by atoms with Crippen LogP contribution < -0.4 is 5.73 Å². The molecule has 1 heterocycles. The first kappa shape index (κ1) is 11.7. The molecule has 2 N–H and O–H groups in total. The van der Waals surface area contributed by atoms with Crippen molar-refractivity contribution < 1.29 is 0 Å². The van der Waals surface area contributed by atoms with E-state index in [-0.39, 0.29) is 0 Å². The summed E-state index contributed by atoms with van der Waals surface area (Å²) in [7, 11) is 1.88. The van der Waals surface area contributed by atoms with Crippen LogP contribution in [0.2, 0.25) is 0 Å². The van der Waals surface area contributed by atoms with E-state index >= 15 is 0 Å².